The number of imidazole rings is 1. The van der Waals surface area contributed by atoms with E-state index in [0.717, 1.165) is 5.69 Å². The molecule has 1 heterocycles. The maximum absolute atomic E-state index is 13.1. The summed E-state index contributed by atoms with van der Waals surface area (Å²) in [5.74, 6) is 0. The van der Waals surface area contributed by atoms with Gasteiger partial charge >= 0.3 is 6.18 Å². The van der Waals surface area contributed by atoms with E-state index < -0.39 is 11.7 Å². The lowest BCUT2D eigenvalue weighted by atomic mass is 9.99. The van der Waals surface area contributed by atoms with Gasteiger partial charge in [0.2, 0.25) is 0 Å². The number of nitrogens with zero attached hydrogens (tertiary/aromatic N) is 2. The average Bonchev–Trinajstić information content (AvgIpc) is 2.74. The van der Waals surface area contributed by atoms with E-state index in [-0.39, 0.29) is 12.0 Å². The molecule has 0 aliphatic carbocycles. The van der Waals surface area contributed by atoms with Crippen molar-refractivity contribution in [1.82, 2.24) is 9.55 Å². The minimum atomic E-state index is -4.32. The first-order valence-electron chi connectivity index (χ1n) is 6.06. The van der Waals surface area contributed by atoms with E-state index in [1.807, 2.05) is 6.92 Å². The third-order valence-electron chi connectivity index (χ3n) is 3.18. The highest BCUT2D eigenvalue weighted by molar-refractivity contribution is 5.36. The van der Waals surface area contributed by atoms with Crippen LogP contribution >= 0.6 is 0 Å². The van der Waals surface area contributed by atoms with Gasteiger partial charge in [-0.15, -0.1) is 0 Å². The molecule has 2 aromatic rings. The van der Waals surface area contributed by atoms with Crippen molar-refractivity contribution in [2.45, 2.75) is 25.9 Å². The van der Waals surface area contributed by atoms with Gasteiger partial charge in [0.05, 0.1) is 11.9 Å². The minimum Gasteiger partial charge on any atom is -0.337 e. The Labute approximate surface area is 109 Å². The van der Waals surface area contributed by atoms with Crippen LogP contribution in [0.4, 0.5) is 13.2 Å². The number of hydrogen-bond donors (Lipinski definition) is 0. The topological polar surface area (TPSA) is 17.8 Å². The molecule has 1 aromatic carbocycles. The summed E-state index contributed by atoms with van der Waals surface area (Å²) in [4.78, 5) is 3.93. The van der Waals surface area contributed by atoms with E-state index in [1.165, 1.54) is 6.07 Å². The highest BCUT2D eigenvalue weighted by atomic mass is 19.4. The van der Waals surface area contributed by atoms with Crippen molar-refractivity contribution in [2.75, 3.05) is 0 Å². The Morgan fingerprint density at radius 1 is 1.26 bits per heavy atom. The van der Waals surface area contributed by atoms with Crippen molar-refractivity contribution in [3.05, 3.63) is 53.1 Å². The summed E-state index contributed by atoms with van der Waals surface area (Å²) in [5.41, 5.74) is 1.19. The predicted octanol–water partition coefficient (Wildman–Crippen LogP) is 3.59. The second kappa shape index (κ2) is 5.07. The fourth-order valence-electron chi connectivity index (χ4n) is 2.01. The lowest BCUT2D eigenvalue weighted by Crippen LogP contribution is -2.11. The molecular weight excluding hydrogens is 253 g/mol. The van der Waals surface area contributed by atoms with Crippen LogP contribution in [0.2, 0.25) is 0 Å². The Hall–Kier alpha value is -1.78. The van der Waals surface area contributed by atoms with Gasteiger partial charge in [-0.05, 0) is 23.6 Å². The predicted molar refractivity (Wildman–Crippen MR) is 66.8 cm³/mol. The van der Waals surface area contributed by atoms with Gasteiger partial charge in [-0.1, -0.05) is 19.1 Å². The van der Waals surface area contributed by atoms with Crippen LogP contribution in [0.3, 0.4) is 0 Å². The van der Waals surface area contributed by atoms with Crippen molar-refractivity contribution in [3.63, 3.8) is 0 Å². The zero-order valence-electron chi connectivity index (χ0n) is 10.8. The van der Waals surface area contributed by atoms with Crippen LogP contribution in [0.1, 0.15) is 29.3 Å². The Balaban J connectivity index is 2.42. The smallest absolute Gasteiger partial charge is 0.337 e. The van der Waals surface area contributed by atoms with Crippen molar-refractivity contribution < 1.29 is 13.2 Å². The molecular formula is C14H15F3N2. The molecule has 0 spiro atoms. The SMILES string of the molecule is CCc1ccc(Cc2cncn2C)c(C(F)(F)F)c1. The van der Waals surface area contributed by atoms with Crippen LogP contribution < -0.4 is 0 Å². The number of aryl methyl sites for hydroxylation is 2. The molecule has 0 fully saturated rings. The van der Waals surface area contributed by atoms with Crippen LogP contribution in [-0.4, -0.2) is 9.55 Å². The molecule has 19 heavy (non-hydrogen) atoms. The van der Waals surface area contributed by atoms with Gasteiger partial charge < -0.3 is 4.57 Å². The third kappa shape index (κ3) is 2.97. The van der Waals surface area contributed by atoms with E-state index in [2.05, 4.69) is 4.98 Å². The van der Waals surface area contributed by atoms with Gasteiger partial charge in [0.1, 0.15) is 0 Å². The largest absolute Gasteiger partial charge is 0.416 e. The molecule has 2 rings (SSSR count). The molecule has 0 aliphatic heterocycles. The van der Waals surface area contributed by atoms with Crippen molar-refractivity contribution in [1.29, 1.82) is 0 Å². The molecule has 0 atom stereocenters. The van der Waals surface area contributed by atoms with Gasteiger partial charge in [-0.25, -0.2) is 4.98 Å². The quantitative estimate of drug-likeness (QED) is 0.831. The Kier molecular flexibility index (Phi) is 3.64. The first kappa shape index (κ1) is 13.6. The fraction of sp³-hybridized carbons (Fsp3) is 0.357. The second-order valence-corrected chi connectivity index (χ2v) is 4.52. The molecule has 2 nitrogen and oxygen atoms in total. The van der Waals surface area contributed by atoms with Crippen LogP contribution in [0.5, 0.6) is 0 Å². The van der Waals surface area contributed by atoms with E-state index in [1.54, 1.807) is 36.3 Å². The molecule has 0 bridgehead atoms. The monoisotopic (exact) mass is 268 g/mol. The number of alkyl halides is 3. The van der Waals surface area contributed by atoms with Crippen LogP contribution in [-0.2, 0) is 26.1 Å². The maximum Gasteiger partial charge on any atom is 0.416 e. The summed E-state index contributed by atoms with van der Waals surface area (Å²) in [6.07, 6.45) is -0.319. The first-order chi connectivity index (χ1) is 8.91. The van der Waals surface area contributed by atoms with E-state index in [0.29, 0.717) is 12.0 Å². The second-order valence-electron chi connectivity index (χ2n) is 4.52. The number of halogens is 3. The maximum atomic E-state index is 13.1. The Morgan fingerprint density at radius 2 is 2.00 bits per heavy atom. The first-order valence-corrected chi connectivity index (χ1v) is 6.06. The fourth-order valence-corrected chi connectivity index (χ4v) is 2.01. The molecule has 0 aliphatic rings. The number of rotatable bonds is 3. The molecule has 0 N–H and O–H groups in total. The number of benzene rings is 1. The summed E-state index contributed by atoms with van der Waals surface area (Å²) in [6.45, 7) is 1.84. The third-order valence-corrected chi connectivity index (χ3v) is 3.18. The molecule has 0 amide bonds. The standard InChI is InChI=1S/C14H15F3N2/c1-3-10-4-5-11(13(6-10)14(15,16)17)7-12-8-18-9-19(12)2/h4-6,8-9H,3,7H2,1-2H3. The Bertz CT molecular complexity index is 570. The molecule has 0 radical (unpaired) electrons. The van der Waals surface area contributed by atoms with Gasteiger partial charge in [0, 0.05) is 25.4 Å². The molecule has 0 saturated heterocycles. The van der Waals surface area contributed by atoms with Gasteiger partial charge in [0.15, 0.2) is 0 Å². The van der Waals surface area contributed by atoms with Crippen LogP contribution in [0.25, 0.3) is 0 Å². The summed E-state index contributed by atoms with van der Waals surface area (Å²) in [6, 6.07) is 4.56. The normalized spacial score (nSPS) is 11.8. The molecule has 102 valence electrons. The van der Waals surface area contributed by atoms with Crippen LogP contribution in [0.15, 0.2) is 30.7 Å². The molecule has 5 heteroatoms. The molecule has 0 saturated carbocycles. The summed E-state index contributed by atoms with van der Waals surface area (Å²) in [7, 11) is 1.77. The van der Waals surface area contributed by atoms with E-state index in [4.69, 9.17) is 0 Å². The van der Waals surface area contributed by atoms with Crippen molar-refractivity contribution in [2.24, 2.45) is 7.05 Å². The highest BCUT2D eigenvalue weighted by Crippen LogP contribution is 2.33. The van der Waals surface area contributed by atoms with Crippen LogP contribution in [0, 0.1) is 0 Å². The van der Waals surface area contributed by atoms with Crippen molar-refractivity contribution >= 4 is 0 Å². The highest BCUT2D eigenvalue weighted by Gasteiger charge is 2.33. The van der Waals surface area contributed by atoms with Gasteiger partial charge in [-0.3, -0.25) is 0 Å². The minimum absolute atomic E-state index is 0.231. The van der Waals surface area contributed by atoms with E-state index >= 15 is 0 Å². The summed E-state index contributed by atoms with van der Waals surface area (Å²) < 4.78 is 40.9. The summed E-state index contributed by atoms with van der Waals surface area (Å²) in [5, 5.41) is 0. The van der Waals surface area contributed by atoms with Gasteiger partial charge in [-0.2, -0.15) is 13.2 Å². The molecule has 0 unspecified atom stereocenters. The van der Waals surface area contributed by atoms with Crippen molar-refractivity contribution in [3.8, 4) is 0 Å². The lowest BCUT2D eigenvalue weighted by molar-refractivity contribution is -0.138. The zero-order valence-corrected chi connectivity index (χ0v) is 10.8. The number of hydrogen-bond acceptors (Lipinski definition) is 1. The summed E-state index contributed by atoms with van der Waals surface area (Å²) >= 11 is 0. The average molecular weight is 268 g/mol. The molecule has 1 aromatic heterocycles. The lowest BCUT2D eigenvalue weighted by Gasteiger charge is -2.14. The van der Waals surface area contributed by atoms with Gasteiger partial charge in [0.25, 0.3) is 0 Å². The van der Waals surface area contributed by atoms with E-state index in [9.17, 15) is 13.2 Å². The Morgan fingerprint density at radius 3 is 2.53 bits per heavy atom. The zero-order chi connectivity index (χ0) is 14.0. The number of aromatic nitrogens is 2.